The molecule has 3 amide bonds. The van der Waals surface area contributed by atoms with Crippen LogP contribution in [0.15, 0.2) is 54.6 Å². The van der Waals surface area contributed by atoms with Crippen molar-refractivity contribution in [2.24, 2.45) is 0 Å². The largest absolute Gasteiger partial charge is 0.451 e. The molecule has 146 valence electrons. The van der Waals surface area contributed by atoms with Gasteiger partial charge >= 0.3 is 5.97 Å². The van der Waals surface area contributed by atoms with Gasteiger partial charge in [-0.1, -0.05) is 35.9 Å². The van der Waals surface area contributed by atoms with Gasteiger partial charge in [-0.25, -0.2) is 0 Å². The molecule has 0 unspecified atom stereocenters. The van der Waals surface area contributed by atoms with Crippen LogP contribution in [0.5, 0.6) is 0 Å². The lowest BCUT2D eigenvalue weighted by Crippen LogP contribution is -2.47. The quantitative estimate of drug-likeness (QED) is 0.511. The van der Waals surface area contributed by atoms with Crippen LogP contribution < -0.4 is 16.2 Å². The summed E-state index contributed by atoms with van der Waals surface area (Å²) in [7, 11) is 0. The molecule has 0 saturated heterocycles. The lowest BCUT2D eigenvalue weighted by molar-refractivity contribution is -0.154. The predicted molar refractivity (Wildman–Crippen MR) is 101 cm³/mol. The van der Waals surface area contributed by atoms with Crippen LogP contribution in [0.1, 0.15) is 33.2 Å². The topological polar surface area (TPSA) is 114 Å². The molecular formula is C20H21N3O5. The Morgan fingerprint density at radius 3 is 2.25 bits per heavy atom. The van der Waals surface area contributed by atoms with Crippen LogP contribution in [-0.2, 0) is 14.3 Å². The van der Waals surface area contributed by atoms with Crippen LogP contribution in [0.2, 0.25) is 0 Å². The van der Waals surface area contributed by atoms with Crippen molar-refractivity contribution in [3.8, 4) is 0 Å². The third kappa shape index (κ3) is 6.24. The Kier molecular flexibility index (Phi) is 7.27. The molecule has 2 aromatic carbocycles. The fourth-order valence-corrected chi connectivity index (χ4v) is 2.21. The standard InChI is InChI=1S/C20H21N3O5/c1-13-7-6-10-16(11-13)19(26)21-12-17(24)28-14(2)18(25)22-23-20(27)15-8-4-3-5-9-15/h3-11,14H,12H2,1-2H3,(H,21,26)(H,22,25)(H,23,27)/t14-/m1/s1. The van der Waals surface area contributed by atoms with Crippen molar-refractivity contribution in [2.75, 3.05) is 6.54 Å². The van der Waals surface area contributed by atoms with E-state index in [0.717, 1.165) is 5.56 Å². The van der Waals surface area contributed by atoms with E-state index in [1.54, 1.807) is 48.5 Å². The molecule has 0 bridgehead atoms. The SMILES string of the molecule is Cc1cccc(C(=O)NCC(=O)O[C@H](C)C(=O)NNC(=O)c2ccccc2)c1. The summed E-state index contributed by atoms with van der Waals surface area (Å²) in [6, 6.07) is 15.2. The van der Waals surface area contributed by atoms with Gasteiger partial charge in [0.05, 0.1) is 0 Å². The Hall–Kier alpha value is -3.68. The zero-order chi connectivity index (χ0) is 20.5. The van der Waals surface area contributed by atoms with Gasteiger partial charge in [-0.05, 0) is 38.1 Å². The average molecular weight is 383 g/mol. The Morgan fingerprint density at radius 2 is 1.57 bits per heavy atom. The summed E-state index contributed by atoms with van der Waals surface area (Å²) in [5.41, 5.74) is 6.11. The maximum absolute atomic E-state index is 12.0. The van der Waals surface area contributed by atoms with Crippen LogP contribution in [-0.4, -0.2) is 36.3 Å². The highest BCUT2D eigenvalue weighted by Gasteiger charge is 2.19. The van der Waals surface area contributed by atoms with Gasteiger partial charge in [0, 0.05) is 11.1 Å². The Morgan fingerprint density at radius 1 is 0.893 bits per heavy atom. The Labute approximate surface area is 162 Å². The molecule has 8 nitrogen and oxygen atoms in total. The number of hydrogen-bond donors (Lipinski definition) is 3. The second-order valence-corrected chi connectivity index (χ2v) is 5.99. The number of hydrazine groups is 1. The number of hydrogen-bond acceptors (Lipinski definition) is 5. The van der Waals surface area contributed by atoms with Crippen molar-refractivity contribution in [3.05, 3.63) is 71.3 Å². The minimum atomic E-state index is -1.15. The first-order valence-corrected chi connectivity index (χ1v) is 8.56. The first-order chi connectivity index (χ1) is 13.4. The van der Waals surface area contributed by atoms with E-state index in [1.165, 1.54) is 6.92 Å². The number of carbonyl (C=O) groups is 4. The monoisotopic (exact) mass is 383 g/mol. The summed E-state index contributed by atoms with van der Waals surface area (Å²) in [4.78, 5) is 47.6. The highest BCUT2D eigenvalue weighted by molar-refractivity contribution is 5.97. The number of rotatable bonds is 6. The predicted octanol–water partition coefficient (Wildman–Crippen LogP) is 1.12. The minimum absolute atomic E-state index is 0.367. The third-order valence-corrected chi connectivity index (χ3v) is 3.69. The van der Waals surface area contributed by atoms with E-state index in [1.807, 2.05) is 13.0 Å². The lowest BCUT2D eigenvalue weighted by Gasteiger charge is -2.14. The molecule has 0 saturated carbocycles. The molecule has 28 heavy (non-hydrogen) atoms. The molecule has 0 aliphatic carbocycles. The smallest absolute Gasteiger partial charge is 0.326 e. The van der Waals surface area contributed by atoms with Crippen molar-refractivity contribution in [1.82, 2.24) is 16.2 Å². The fourth-order valence-electron chi connectivity index (χ4n) is 2.21. The van der Waals surface area contributed by atoms with Gasteiger partial charge in [-0.3, -0.25) is 30.0 Å². The number of aryl methyl sites for hydroxylation is 1. The lowest BCUT2D eigenvalue weighted by atomic mass is 10.1. The summed E-state index contributed by atoms with van der Waals surface area (Å²) in [6.45, 7) is 2.81. The van der Waals surface area contributed by atoms with Crippen molar-refractivity contribution in [2.45, 2.75) is 20.0 Å². The molecule has 0 aliphatic rings. The summed E-state index contributed by atoms with van der Waals surface area (Å²) < 4.78 is 4.94. The zero-order valence-electron chi connectivity index (χ0n) is 15.5. The second-order valence-electron chi connectivity index (χ2n) is 5.99. The van der Waals surface area contributed by atoms with Gasteiger partial charge < -0.3 is 10.1 Å². The number of nitrogens with one attached hydrogen (secondary N) is 3. The molecular weight excluding hydrogens is 362 g/mol. The van der Waals surface area contributed by atoms with Crippen molar-refractivity contribution in [3.63, 3.8) is 0 Å². The molecule has 3 N–H and O–H groups in total. The number of amides is 3. The highest BCUT2D eigenvalue weighted by Crippen LogP contribution is 2.03. The number of esters is 1. The highest BCUT2D eigenvalue weighted by atomic mass is 16.5. The zero-order valence-corrected chi connectivity index (χ0v) is 15.5. The van der Waals surface area contributed by atoms with Gasteiger partial charge in [0.1, 0.15) is 6.54 Å². The van der Waals surface area contributed by atoms with E-state index in [-0.39, 0.29) is 6.54 Å². The molecule has 0 radical (unpaired) electrons. The van der Waals surface area contributed by atoms with Crippen molar-refractivity contribution in [1.29, 1.82) is 0 Å². The van der Waals surface area contributed by atoms with Gasteiger partial charge in [-0.2, -0.15) is 0 Å². The van der Waals surface area contributed by atoms with Gasteiger partial charge in [0.15, 0.2) is 6.10 Å². The molecule has 1 atom stereocenters. The van der Waals surface area contributed by atoms with E-state index < -0.39 is 29.8 Å². The average Bonchev–Trinajstić information content (AvgIpc) is 2.70. The van der Waals surface area contributed by atoms with Gasteiger partial charge in [-0.15, -0.1) is 0 Å². The molecule has 8 heteroatoms. The third-order valence-electron chi connectivity index (χ3n) is 3.69. The van der Waals surface area contributed by atoms with E-state index >= 15 is 0 Å². The maximum atomic E-state index is 12.0. The molecule has 0 heterocycles. The maximum Gasteiger partial charge on any atom is 0.326 e. The van der Waals surface area contributed by atoms with E-state index in [4.69, 9.17) is 4.74 Å². The molecule has 0 aromatic heterocycles. The molecule has 0 aliphatic heterocycles. The first kappa shape index (κ1) is 20.6. The van der Waals surface area contributed by atoms with Crippen LogP contribution in [0.25, 0.3) is 0 Å². The molecule has 0 spiro atoms. The number of carbonyl (C=O) groups excluding carboxylic acids is 4. The number of ether oxygens (including phenoxy) is 1. The first-order valence-electron chi connectivity index (χ1n) is 8.56. The molecule has 2 aromatic rings. The van der Waals surface area contributed by atoms with Crippen LogP contribution >= 0.6 is 0 Å². The van der Waals surface area contributed by atoms with E-state index in [2.05, 4.69) is 16.2 Å². The second kappa shape index (κ2) is 9.86. The minimum Gasteiger partial charge on any atom is -0.451 e. The normalized spacial score (nSPS) is 11.1. The van der Waals surface area contributed by atoms with Crippen molar-refractivity contribution < 1.29 is 23.9 Å². The van der Waals surface area contributed by atoms with E-state index in [9.17, 15) is 19.2 Å². The summed E-state index contributed by atoms with van der Waals surface area (Å²) >= 11 is 0. The summed E-state index contributed by atoms with van der Waals surface area (Å²) in [5, 5.41) is 2.43. The molecule has 0 fully saturated rings. The van der Waals surface area contributed by atoms with Gasteiger partial charge in [0.2, 0.25) is 0 Å². The Bertz CT molecular complexity index is 867. The number of benzene rings is 2. The van der Waals surface area contributed by atoms with Crippen LogP contribution in [0.4, 0.5) is 0 Å². The van der Waals surface area contributed by atoms with Crippen molar-refractivity contribution >= 4 is 23.7 Å². The van der Waals surface area contributed by atoms with Gasteiger partial charge in [0.25, 0.3) is 17.7 Å². The fraction of sp³-hybridized carbons (Fsp3) is 0.200. The molecule has 2 rings (SSSR count). The van der Waals surface area contributed by atoms with Crippen LogP contribution in [0, 0.1) is 6.92 Å². The van der Waals surface area contributed by atoms with Crippen LogP contribution in [0.3, 0.4) is 0 Å². The summed E-state index contributed by atoms with van der Waals surface area (Å²) in [6.07, 6.45) is -1.15. The Balaban J connectivity index is 1.74. The van der Waals surface area contributed by atoms with E-state index in [0.29, 0.717) is 11.1 Å². The summed E-state index contributed by atoms with van der Waals surface area (Å²) in [5.74, 6) is -2.41.